The number of allylic oxidation sites excluding steroid dienone is 1. The van der Waals surface area contributed by atoms with Gasteiger partial charge in [0.05, 0.1) is 6.20 Å². The molecule has 1 aromatic rings. The van der Waals surface area contributed by atoms with Crippen molar-refractivity contribution >= 4 is 5.82 Å². The van der Waals surface area contributed by atoms with Crippen molar-refractivity contribution in [1.82, 2.24) is 9.78 Å². The number of hydrogen-bond donors (Lipinski definition) is 2. The van der Waals surface area contributed by atoms with Gasteiger partial charge in [-0.2, -0.15) is 5.10 Å². The van der Waals surface area contributed by atoms with Crippen LogP contribution < -0.4 is 5.32 Å². The maximum atomic E-state index is 10.2. The molecular weight excluding hydrogens is 190 g/mol. The number of nitrogens with one attached hydrogen (secondary N) is 1. The van der Waals surface area contributed by atoms with Gasteiger partial charge >= 0.3 is 0 Å². The molecule has 1 fully saturated rings. The maximum Gasteiger partial charge on any atom is 0.173 e. The Hall–Kier alpha value is -1.29. The molecule has 15 heavy (non-hydrogen) atoms. The number of aliphatic hydroxyl groups is 1. The Labute approximate surface area is 87.6 Å². The standard InChI is InChI=1S/C11H13N3O/c15-10-7-1-3-11(4-5-11)9(7)13-8-2-6-12-14(8)10/h2,6,10,13,15H,1,3-5H2. The number of hydrogen-bond acceptors (Lipinski definition) is 3. The van der Waals surface area contributed by atoms with Crippen LogP contribution in [-0.4, -0.2) is 14.9 Å². The summed E-state index contributed by atoms with van der Waals surface area (Å²) in [6.45, 7) is 0. The molecule has 2 aliphatic carbocycles. The van der Waals surface area contributed by atoms with Crippen LogP contribution in [0.25, 0.3) is 0 Å². The van der Waals surface area contributed by atoms with E-state index in [9.17, 15) is 5.11 Å². The molecule has 3 aliphatic rings. The summed E-state index contributed by atoms with van der Waals surface area (Å²) in [5.74, 6) is 0.925. The summed E-state index contributed by atoms with van der Waals surface area (Å²) in [6, 6.07) is 1.92. The van der Waals surface area contributed by atoms with Crippen LogP contribution in [0.15, 0.2) is 23.5 Å². The fraction of sp³-hybridized carbons (Fsp3) is 0.545. The summed E-state index contributed by atoms with van der Waals surface area (Å²) < 4.78 is 1.67. The first-order valence-electron chi connectivity index (χ1n) is 5.52. The van der Waals surface area contributed by atoms with Crippen molar-refractivity contribution in [3.8, 4) is 0 Å². The van der Waals surface area contributed by atoms with E-state index in [2.05, 4.69) is 10.4 Å². The molecule has 1 aromatic heterocycles. The lowest BCUT2D eigenvalue weighted by molar-refractivity contribution is 0.124. The number of aliphatic hydroxyl groups excluding tert-OH is 1. The number of nitrogens with zero attached hydrogens (tertiary/aromatic N) is 2. The Morgan fingerprint density at radius 1 is 1.47 bits per heavy atom. The van der Waals surface area contributed by atoms with Crippen molar-refractivity contribution in [1.29, 1.82) is 0 Å². The average Bonchev–Trinajstić information content (AvgIpc) is 2.72. The molecular formula is C11H13N3O. The molecule has 1 spiro atoms. The van der Waals surface area contributed by atoms with Gasteiger partial charge in [-0.1, -0.05) is 0 Å². The number of anilines is 1. The van der Waals surface area contributed by atoms with Crippen LogP contribution in [0, 0.1) is 5.41 Å². The lowest BCUT2D eigenvalue weighted by atomic mass is 10.0. The lowest BCUT2D eigenvalue weighted by Gasteiger charge is -2.26. The third-order valence-electron chi connectivity index (χ3n) is 4.04. The summed E-state index contributed by atoms with van der Waals surface area (Å²) in [7, 11) is 0. The Kier molecular flexibility index (Phi) is 1.20. The van der Waals surface area contributed by atoms with E-state index < -0.39 is 6.23 Å². The molecule has 1 unspecified atom stereocenters. The smallest absolute Gasteiger partial charge is 0.173 e. The second-order valence-corrected chi connectivity index (χ2v) is 4.84. The molecule has 1 atom stereocenters. The van der Waals surface area contributed by atoms with Crippen molar-refractivity contribution < 1.29 is 5.11 Å². The van der Waals surface area contributed by atoms with E-state index in [1.54, 1.807) is 10.9 Å². The summed E-state index contributed by atoms with van der Waals surface area (Å²) in [4.78, 5) is 0. The zero-order valence-electron chi connectivity index (χ0n) is 8.40. The molecule has 0 aromatic carbocycles. The summed E-state index contributed by atoms with van der Waals surface area (Å²) >= 11 is 0. The van der Waals surface area contributed by atoms with Crippen LogP contribution in [0.5, 0.6) is 0 Å². The van der Waals surface area contributed by atoms with E-state index in [0.29, 0.717) is 5.41 Å². The van der Waals surface area contributed by atoms with Gasteiger partial charge in [-0.3, -0.25) is 0 Å². The van der Waals surface area contributed by atoms with E-state index in [0.717, 1.165) is 17.8 Å². The molecule has 2 N–H and O–H groups in total. The van der Waals surface area contributed by atoms with Gasteiger partial charge in [-0.25, -0.2) is 4.68 Å². The summed E-state index contributed by atoms with van der Waals surface area (Å²) in [6.07, 6.45) is 5.97. The van der Waals surface area contributed by atoms with Gasteiger partial charge in [-0.05, 0) is 25.7 Å². The van der Waals surface area contributed by atoms with Crippen LogP contribution in [0.2, 0.25) is 0 Å². The zero-order chi connectivity index (χ0) is 10.0. The molecule has 2 heterocycles. The minimum absolute atomic E-state index is 0.395. The molecule has 4 heteroatoms. The highest BCUT2D eigenvalue weighted by atomic mass is 16.3. The fourth-order valence-electron chi connectivity index (χ4n) is 2.97. The average molecular weight is 203 g/mol. The lowest BCUT2D eigenvalue weighted by Crippen LogP contribution is -2.24. The Balaban J connectivity index is 1.87. The van der Waals surface area contributed by atoms with Gasteiger partial charge in [0, 0.05) is 22.8 Å². The van der Waals surface area contributed by atoms with Crippen LogP contribution in [-0.2, 0) is 0 Å². The highest BCUT2D eigenvalue weighted by Gasteiger charge is 2.53. The first-order chi connectivity index (χ1) is 7.30. The fourth-order valence-corrected chi connectivity index (χ4v) is 2.97. The molecule has 4 nitrogen and oxygen atoms in total. The second kappa shape index (κ2) is 2.27. The van der Waals surface area contributed by atoms with Crippen molar-refractivity contribution in [3.05, 3.63) is 23.5 Å². The molecule has 0 saturated heterocycles. The summed E-state index contributed by atoms with van der Waals surface area (Å²) in [5.41, 5.74) is 2.85. The zero-order valence-corrected chi connectivity index (χ0v) is 8.40. The van der Waals surface area contributed by atoms with Gasteiger partial charge in [0.25, 0.3) is 0 Å². The third kappa shape index (κ3) is 0.838. The molecule has 1 saturated carbocycles. The van der Waals surface area contributed by atoms with Gasteiger partial charge < -0.3 is 10.4 Å². The second-order valence-electron chi connectivity index (χ2n) is 4.84. The van der Waals surface area contributed by atoms with Crippen molar-refractivity contribution in [2.75, 3.05) is 5.32 Å². The van der Waals surface area contributed by atoms with Crippen molar-refractivity contribution in [2.24, 2.45) is 5.41 Å². The highest BCUT2D eigenvalue weighted by Crippen LogP contribution is 2.62. The predicted molar refractivity (Wildman–Crippen MR) is 55.0 cm³/mol. The Morgan fingerprint density at radius 3 is 3.13 bits per heavy atom. The first kappa shape index (κ1) is 7.93. The van der Waals surface area contributed by atoms with Crippen molar-refractivity contribution in [3.63, 3.8) is 0 Å². The minimum Gasteiger partial charge on any atom is -0.368 e. The van der Waals surface area contributed by atoms with Gasteiger partial charge in [-0.15, -0.1) is 0 Å². The molecule has 1 aliphatic heterocycles. The Bertz CT molecular complexity index is 470. The quantitative estimate of drug-likeness (QED) is 0.673. The van der Waals surface area contributed by atoms with Gasteiger partial charge in [0.15, 0.2) is 6.23 Å². The molecule has 4 rings (SSSR count). The largest absolute Gasteiger partial charge is 0.368 e. The van der Waals surface area contributed by atoms with Gasteiger partial charge in [0.1, 0.15) is 5.82 Å². The van der Waals surface area contributed by atoms with Gasteiger partial charge in [0.2, 0.25) is 0 Å². The monoisotopic (exact) mass is 203 g/mol. The minimum atomic E-state index is -0.536. The molecule has 78 valence electrons. The first-order valence-corrected chi connectivity index (χ1v) is 5.52. The number of aromatic nitrogens is 2. The summed E-state index contributed by atoms with van der Waals surface area (Å²) in [5, 5.41) is 17.8. The number of rotatable bonds is 0. The van der Waals surface area contributed by atoms with Crippen LogP contribution in [0.3, 0.4) is 0 Å². The van der Waals surface area contributed by atoms with Crippen molar-refractivity contribution in [2.45, 2.75) is 31.9 Å². The molecule has 0 amide bonds. The van der Waals surface area contributed by atoms with E-state index >= 15 is 0 Å². The van der Waals surface area contributed by atoms with Crippen LogP contribution >= 0.6 is 0 Å². The molecule has 0 bridgehead atoms. The normalized spacial score (nSPS) is 30.1. The third-order valence-corrected chi connectivity index (χ3v) is 4.04. The maximum absolute atomic E-state index is 10.2. The van der Waals surface area contributed by atoms with Crippen LogP contribution in [0.1, 0.15) is 31.9 Å². The van der Waals surface area contributed by atoms with E-state index in [4.69, 9.17) is 0 Å². The Morgan fingerprint density at radius 2 is 2.33 bits per heavy atom. The predicted octanol–water partition coefficient (Wildman–Crippen LogP) is 1.63. The van der Waals surface area contributed by atoms with E-state index in [1.165, 1.54) is 25.0 Å². The number of fused-ring (bicyclic) bond motifs is 2. The van der Waals surface area contributed by atoms with E-state index in [1.807, 2.05) is 6.07 Å². The topological polar surface area (TPSA) is 50.1 Å². The highest BCUT2D eigenvalue weighted by molar-refractivity contribution is 5.53. The van der Waals surface area contributed by atoms with E-state index in [-0.39, 0.29) is 0 Å². The molecule has 0 radical (unpaired) electrons. The SMILES string of the molecule is OC1C2=C(Nc3ccnn31)C1(CC2)CC1. The van der Waals surface area contributed by atoms with Crippen LogP contribution in [0.4, 0.5) is 5.82 Å².